The molecule has 3 nitrogen and oxygen atoms in total. The first kappa shape index (κ1) is 7.61. The average Bonchev–Trinajstić information content (AvgIpc) is 2.58. The lowest BCUT2D eigenvalue weighted by atomic mass is 10.3. The molecule has 2 heterocycles. The molecule has 0 bridgehead atoms. The molecule has 0 aliphatic heterocycles. The van der Waals surface area contributed by atoms with Crippen molar-refractivity contribution in [2.75, 3.05) is 0 Å². The third-order valence-corrected chi connectivity index (χ3v) is 2.04. The van der Waals surface area contributed by atoms with E-state index in [0.717, 1.165) is 11.5 Å². The molecule has 2 aromatic heterocycles. The fourth-order valence-electron chi connectivity index (χ4n) is 1.09. The second-order valence-electron chi connectivity index (χ2n) is 2.48. The summed E-state index contributed by atoms with van der Waals surface area (Å²) in [6.07, 6.45) is 3.66. The van der Waals surface area contributed by atoms with Gasteiger partial charge in [0.1, 0.15) is 0 Å². The van der Waals surface area contributed by atoms with E-state index in [1.54, 1.807) is 6.20 Å². The Kier molecular flexibility index (Phi) is 1.77. The summed E-state index contributed by atoms with van der Waals surface area (Å²) < 4.78 is 7.27. The quantitative estimate of drug-likeness (QED) is 0.749. The number of hydrogen-bond acceptors (Lipinski definition) is 2. The maximum Gasteiger partial charge on any atom is 0.264 e. The number of hydrogen-bond donors (Lipinski definition) is 0. The van der Waals surface area contributed by atoms with E-state index in [4.69, 9.17) is 4.42 Å². The molecule has 2 aromatic rings. The topological polar surface area (TPSA) is 31.0 Å². The molecule has 0 aliphatic rings. The van der Waals surface area contributed by atoms with E-state index >= 15 is 0 Å². The molecule has 62 valence electrons. The monoisotopic (exact) mass is 226 g/mol. The van der Waals surface area contributed by atoms with Crippen LogP contribution in [0.15, 0.2) is 33.7 Å². The van der Waals surface area contributed by atoms with Crippen molar-refractivity contribution >= 4 is 15.9 Å². The minimum atomic E-state index is 0.513. The molecule has 12 heavy (non-hydrogen) atoms. The van der Waals surface area contributed by atoms with Crippen LogP contribution in [0.25, 0.3) is 11.5 Å². The number of oxazole rings is 1. The van der Waals surface area contributed by atoms with E-state index in [-0.39, 0.29) is 0 Å². The lowest BCUT2D eigenvalue weighted by molar-refractivity contribution is 0.538. The highest BCUT2D eigenvalue weighted by Gasteiger charge is 2.05. The lowest BCUT2D eigenvalue weighted by Crippen LogP contribution is -1.86. The smallest absolute Gasteiger partial charge is 0.264 e. The van der Waals surface area contributed by atoms with Crippen molar-refractivity contribution in [3.63, 3.8) is 0 Å². The molecule has 0 fully saturated rings. The predicted octanol–water partition coefficient (Wildman–Crippen LogP) is 2.44. The molecule has 0 radical (unpaired) electrons. The number of halogens is 1. The molecule has 0 amide bonds. The molecule has 2 rings (SSSR count). The van der Waals surface area contributed by atoms with Gasteiger partial charge in [-0.1, -0.05) is 0 Å². The van der Waals surface area contributed by atoms with Gasteiger partial charge in [-0.25, -0.2) is 4.98 Å². The fourth-order valence-corrected chi connectivity index (χ4v) is 1.37. The van der Waals surface area contributed by atoms with Crippen molar-refractivity contribution < 1.29 is 4.42 Å². The SMILES string of the molecule is Cn1cccc1-c1cnc(Br)o1. The third kappa shape index (κ3) is 1.18. The second kappa shape index (κ2) is 2.79. The molecule has 0 aliphatic carbocycles. The van der Waals surface area contributed by atoms with Crippen LogP contribution in [0.3, 0.4) is 0 Å². The average molecular weight is 227 g/mol. The van der Waals surface area contributed by atoms with Crippen molar-refractivity contribution in [1.82, 2.24) is 9.55 Å². The number of aromatic nitrogens is 2. The summed E-state index contributed by atoms with van der Waals surface area (Å²) in [6.45, 7) is 0. The summed E-state index contributed by atoms with van der Waals surface area (Å²) in [4.78, 5) is 4.46. The van der Waals surface area contributed by atoms with E-state index in [1.165, 1.54) is 0 Å². The van der Waals surface area contributed by atoms with Gasteiger partial charge in [0, 0.05) is 29.2 Å². The van der Waals surface area contributed by atoms with Crippen molar-refractivity contribution in [1.29, 1.82) is 0 Å². The van der Waals surface area contributed by atoms with Crippen molar-refractivity contribution in [2.45, 2.75) is 0 Å². The Hall–Kier alpha value is -1.03. The van der Waals surface area contributed by atoms with Crippen LogP contribution in [0.1, 0.15) is 0 Å². The van der Waals surface area contributed by atoms with Crippen LogP contribution in [-0.4, -0.2) is 9.55 Å². The maximum atomic E-state index is 5.29. The zero-order valence-corrected chi connectivity index (χ0v) is 8.08. The predicted molar refractivity (Wildman–Crippen MR) is 48.6 cm³/mol. The molecule has 0 aromatic carbocycles. The molecule has 0 saturated heterocycles. The highest BCUT2D eigenvalue weighted by atomic mass is 79.9. The summed E-state index contributed by atoms with van der Waals surface area (Å²) >= 11 is 3.16. The van der Waals surface area contributed by atoms with Gasteiger partial charge >= 0.3 is 0 Å². The van der Waals surface area contributed by atoms with Gasteiger partial charge in [-0.15, -0.1) is 0 Å². The van der Waals surface area contributed by atoms with Crippen LogP contribution in [0, 0.1) is 0 Å². The standard InChI is InChI=1S/C8H7BrN2O/c1-11-4-2-3-6(11)7-5-10-8(9)12-7/h2-5H,1H3. The summed E-state index contributed by atoms with van der Waals surface area (Å²) in [6, 6.07) is 3.94. The molecule has 0 unspecified atom stereocenters. The van der Waals surface area contributed by atoms with E-state index in [0.29, 0.717) is 4.80 Å². The Bertz CT molecular complexity index is 391. The van der Waals surface area contributed by atoms with E-state index in [2.05, 4.69) is 20.9 Å². The van der Waals surface area contributed by atoms with Gasteiger partial charge < -0.3 is 8.98 Å². The summed E-state index contributed by atoms with van der Waals surface area (Å²) in [5.74, 6) is 0.773. The van der Waals surface area contributed by atoms with Crippen molar-refractivity contribution in [3.8, 4) is 11.5 Å². The molecule has 0 atom stereocenters. The number of nitrogens with zero attached hydrogens (tertiary/aromatic N) is 2. The number of aryl methyl sites for hydroxylation is 1. The van der Waals surface area contributed by atoms with Gasteiger partial charge in [-0.3, -0.25) is 0 Å². The molecular formula is C8H7BrN2O. The van der Waals surface area contributed by atoms with Gasteiger partial charge in [0.15, 0.2) is 5.76 Å². The maximum absolute atomic E-state index is 5.29. The van der Waals surface area contributed by atoms with E-state index in [1.807, 2.05) is 29.9 Å². The Morgan fingerprint density at radius 2 is 2.42 bits per heavy atom. The summed E-state index contributed by atoms with van der Waals surface area (Å²) in [7, 11) is 1.96. The zero-order valence-electron chi connectivity index (χ0n) is 6.49. The Morgan fingerprint density at radius 1 is 1.58 bits per heavy atom. The van der Waals surface area contributed by atoms with Gasteiger partial charge in [-0.2, -0.15) is 0 Å². The second-order valence-corrected chi connectivity index (χ2v) is 3.16. The van der Waals surface area contributed by atoms with Crippen LogP contribution in [-0.2, 0) is 7.05 Å². The molecule has 0 saturated carbocycles. The molecule has 0 N–H and O–H groups in total. The fraction of sp³-hybridized carbons (Fsp3) is 0.125. The Labute approximate surface area is 78.2 Å². The molecule has 0 spiro atoms. The van der Waals surface area contributed by atoms with Gasteiger partial charge in [0.05, 0.1) is 11.9 Å². The normalized spacial score (nSPS) is 10.5. The first-order valence-corrected chi connectivity index (χ1v) is 4.30. The minimum absolute atomic E-state index is 0.513. The minimum Gasteiger partial charge on any atom is -0.430 e. The van der Waals surface area contributed by atoms with Crippen LogP contribution in [0.2, 0.25) is 0 Å². The highest BCUT2D eigenvalue weighted by molar-refractivity contribution is 9.10. The molecule has 4 heteroatoms. The van der Waals surface area contributed by atoms with Gasteiger partial charge in [-0.05, 0) is 12.1 Å². The van der Waals surface area contributed by atoms with Crippen molar-refractivity contribution in [2.24, 2.45) is 7.05 Å². The van der Waals surface area contributed by atoms with Crippen LogP contribution < -0.4 is 0 Å². The summed E-state index contributed by atoms with van der Waals surface area (Å²) in [5, 5.41) is 0. The number of rotatable bonds is 1. The zero-order chi connectivity index (χ0) is 8.55. The first-order chi connectivity index (χ1) is 5.77. The summed E-state index contributed by atoms with van der Waals surface area (Å²) in [5.41, 5.74) is 1.02. The largest absolute Gasteiger partial charge is 0.430 e. The highest BCUT2D eigenvalue weighted by Crippen LogP contribution is 2.22. The molecular weight excluding hydrogens is 220 g/mol. The van der Waals surface area contributed by atoms with Gasteiger partial charge in [0.2, 0.25) is 0 Å². The first-order valence-electron chi connectivity index (χ1n) is 3.50. The Morgan fingerprint density at radius 3 is 2.92 bits per heavy atom. The van der Waals surface area contributed by atoms with Crippen LogP contribution in [0.5, 0.6) is 0 Å². The van der Waals surface area contributed by atoms with Gasteiger partial charge in [0.25, 0.3) is 4.80 Å². The van der Waals surface area contributed by atoms with Crippen molar-refractivity contribution in [3.05, 3.63) is 29.3 Å². The van der Waals surface area contributed by atoms with E-state index in [9.17, 15) is 0 Å². The van der Waals surface area contributed by atoms with Crippen LogP contribution >= 0.6 is 15.9 Å². The lowest BCUT2D eigenvalue weighted by Gasteiger charge is -1.96. The Balaban J connectivity index is 2.50. The van der Waals surface area contributed by atoms with E-state index < -0.39 is 0 Å². The third-order valence-electron chi connectivity index (χ3n) is 1.67. The van der Waals surface area contributed by atoms with Crippen LogP contribution in [0.4, 0.5) is 0 Å².